The van der Waals surface area contributed by atoms with E-state index in [0.29, 0.717) is 5.92 Å². The Morgan fingerprint density at radius 2 is 1.33 bits per heavy atom. The fourth-order valence-electron chi connectivity index (χ4n) is 0.183. The van der Waals surface area contributed by atoms with Crippen LogP contribution in [0.15, 0.2) is 0 Å². The maximum atomic E-state index is 8.76. The first-order chi connectivity index (χ1) is 6.45. The van der Waals surface area contributed by atoms with Crippen LogP contribution in [-0.4, -0.2) is 34.0 Å². The first-order valence-electron chi connectivity index (χ1n) is 5.31. The predicted molar refractivity (Wildman–Crippen MR) is 64.5 cm³/mol. The number of nitrogens with two attached hydrogens (primary N) is 2. The zero-order valence-corrected chi connectivity index (χ0v) is 10.9. The molecule has 0 saturated carbocycles. The molecule has 0 spiro atoms. The van der Waals surface area contributed by atoms with Crippen LogP contribution in [0.25, 0.3) is 0 Å². The second-order valence-corrected chi connectivity index (χ2v) is 5.32. The third kappa shape index (κ3) is 8.81. The smallest absolute Gasteiger partial charge is 0.0686 e. The predicted octanol–water partition coefficient (Wildman–Crippen LogP) is 0.457. The van der Waals surface area contributed by atoms with Crippen molar-refractivity contribution >= 4 is 0 Å². The van der Waals surface area contributed by atoms with Crippen LogP contribution in [0.1, 0.15) is 41.5 Å². The molecule has 94 valence electrons. The fourth-order valence-corrected chi connectivity index (χ4v) is 0.183. The lowest BCUT2D eigenvalue weighted by Crippen LogP contribution is -2.45. The average Bonchev–Trinajstić information content (AvgIpc) is 2.03. The molecule has 4 heteroatoms. The Balaban J connectivity index is 0. The first-order valence-corrected chi connectivity index (χ1v) is 5.31. The minimum Gasteiger partial charge on any atom is -0.394 e. The zero-order chi connectivity index (χ0) is 12.9. The molecule has 0 aliphatic rings. The van der Waals surface area contributed by atoms with Crippen molar-refractivity contribution in [2.45, 2.75) is 58.7 Å². The second kappa shape index (κ2) is 6.43. The molecule has 0 bridgehead atoms. The third-order valence-electron chi connectivity index (χ3n) is 2.74. The molecule has 2 unspecified atom stereocenters. The van der Waals surface area contributed by atoms with Gasteiger partial charge in [-0.25, -0.2) is 0 Å². The Hall–Kier alpha value is -0.160. The molecular formula is C11H28N2O2. The van der Waals surface area contributed by atoms with Gasteiger partial charge in [-0.3, -0.25) is 0 Å². The van der Waals surface area contributed by atoms with Gasteiger partial charge < -0.3 is 21.7 Å². The van der Waals surface area contributed by atoms with E-state index < -0.39 is 17.2 Å². The topological polar surface area (TPSA) is 92.5 Å². The molecule has 0 saturated heterocycles. The van der Waals surface area contributed by atoms with Gasteiger partial charge in [-0.2, -0.15) is 0 Å². The van der Waals surface area contributed by atoms with E-state index in [2.05, 4.69) is 0 Å². The molecule has 0 aromatic heterocycles. The number of hydrogen-bond donors (Lipinski definition) is 4. The summed E-state index contributed by atoms with van der Waals surface area (Å²) in [5.41, 5.74) is 10.2. The van der Waals surface area contributed by atoms with Gasteiger partial charge in [0.1, 0.15) is 0 Å². The van der Waals surface area contributed by atoms with E-state index >= 15 is 0 Å². The van der Waals surface area contributed by atoms with E-state index in [1.54, 1.807) is 20.8 Å². The van der Waals surface area contributed by atoms with Gasteiger partial charge >= 0.3 is 0 Å². The minimum atomic E-state index is -0.444. The Bertz CT molecular complexity index is 160. The number of aliphatic hydroxyl groups is 2. The van der Waals surface area contributed by atoms with Gasteiger partial charge in [0.05, 0.1) is 12.7 Å². The van der Waals surface area contributed by atoms with Crippen molar-refractivity contribution in [1.82, 2.24) is 0 Å². The highest BCUT2D eigenvalue weighted by Gasteiger charge is 2.20. The van der Waals surface area contributed by atoms with Crippen molar-refractivity contribution in [3.8, 4) is 0 Å². The average molecular weight is 220 g/mol. The summed E-state index contributed by atoms with van der Waals surface area (Å²) in [5.74, 6) is 0.340. The van der Waals surface area contributed by atoms with Crippen LogP contribution >= 0.6 is 0 Å². The molecule has 0 aromatic rings. The van der Waals surface area contributed by atoms with Gasteiger partial charge in [-0.15, -0.1) is 0 Å². The molecule has 15 heavy (non-hydrogen) atoms. The van der Waals surface area contributed by atoms with Crippen molar-refractivity contribution in [2.24, 2.45) is 17.4 Å². The summed E-state index contributed by atoms with van der Waals surface area (Å²) in [7, 11) is 0. The van der Waals surface area contributed by atoms with E-state index in [1.165, 1.54) is 0 Å². The summed E-state index contributed by atoms with van der Waals surface area (Å²) in [5, 5.41) is 17.4. The Kier molecular flexibility index (Phi) is 7.39. The normalized spacial score (nSPS) is 17.8. The van der Waals surface area contributed by atoms with E-state index in [1.807, 2.05) is 20.8 Å². The van der Waals surface area contributed by atoms with Crippen molar-refractivity contribution in [1.29, 1.82) is 0 Å². The van der Waals surface area contributed by atoms with E-state index in [0.717, 1.165) is 0 Å². The highest BCUT2D eigenvalue weighted by molar-refractivity contribution is 4.80. The monoisotopic (exact) mass is 220 g/mol. The van der Waals surface area contributed by atoms with E-state index in [9.17, 15) is 0 Å². The Morgan fingerprint density at radius 1 is 1.07 bits per heavy atom. The van der Waals surface area contributed by atoms with Crippen LogP contribution in [0, 0.1) is 5.92 Å². The lowest BCUT2D eigenvalue weighted by atomic mass is 9.91. The Morgan fingerprint density at radius 3 is 1.33 bits per heavy atom. The SMILES string of the molecule is CC(C)C(C)(N)CO.CC(O)C(C)(C)N. The summed E-state index contributed by atoms with van der Waals surface area (Å²) in [6.45, 7) is 11.2. The summed E-state index contributed by atoms with van der Waals surface area (Å²) in [6.07, 6.45) is -0.424. The van der Waals surface area contributed by atoms with E-state index in [4.69, 9.17) is 21.7 Å². The van der Waals surface area contributed by atoms with Crippen LogP contribution < -0.4 is 11.5 Å². The fraction of sp³-hybridized carbons (Fsp3) is 1.00. The number of hydrogen-bond acceptors (Lipinski definition) is 4. The molecule has 0 aliphatic heterocycles. The first kappa shape index (κ1) is 17.2. The highest BCUT2D eigenvalue weighted by atomic mass is 16.3. The quantitative estimate of drug-likeness (QED) is 0.556. The van der Waals surface area contributed by atoms with Crippen LogP contribution in [0.4, 0.5) is 0 Å². The molecular weight excluding hydrogens is 192 g/mol. The molecule has 4 nitrogen and oxygen atoms in total. The van der Waals surface area contributed by atoms with Crippen LogP contribution in [-0.2, 0) is 0 Å². The molecule has 0 heterocycles. The molecule has 6 N–H and O–H groups in total. The summed E-state index contributed by atoms with van der Waals surface area (Å²) in [4.78, 5) is 0. The summed E-state index contributed by atoms with van der Waals surface area (Å²) < 4.78 is 0. The van der Waals surface area contributed by atoms with Crippen molar-refractivity contribution < 1.29 is 10.2 Å². The standard InChI is InChI=1S/C6H15NO.C5H13NO/c1-5(2)6(3,7)4-8;1-4(7)5(2,3)6/h5,8H,4,7H2,1-3H3;4,7H,6H2,1-3H3. The van der Waals surface area contributed by atoms with Gasteiger partial charge in [-0.05, 0) is 33.6 Å². The van der Waals surface area contributed by atoms with Crippen LogP contribution in [0.3, 0.4) is 0 Å². The van der Waals surface area contributed by atoms with Gasteiger partial charge in [0.15, 0.2) is 0 Å². The second-order valence-electron chi connectivity index (χ2n) is 5.32. The maximum absolute atomic E-state index is 8.76. The largest absolute Gasteiger partial charge is 0.394 e. The molecule has 0 rings (SSSR count). The highest BCUT2D eigenvalue weighted by Crippen LogP contribution is 2.10. The lowest BCUT2D eigenvalue weighted by Gasteiger charge is -2.25. The molecule has 0 fully saturated rings. The van der Waals surface area contributed by atoms with Gasteiger partial charge in [0, 0.05) is 11.1 Å². The summed E-state index contributed by atoms with van der Waals surface area (Å²) in [6, 6.07) is 0. The molecule has 0 radical (unpaired) electrons. The third-order valence-corrected chi connectivity index (χ3v) is 2.74. The van der Waals surface area contributed by atoms with Crippen LogP contribution in [0.2, 0.25) is 0 Å². The zero-order valence-electron chi connectivity index (χ0n) is 10.9. The number of aliphatic hydroxyl groups excluding tert-OH is 2. The Labute approximate surface area is 93.7 Å². The van der Waals surface area contributed by atoms with Crippen molar-refractivity contribution in [3.63, 3.8) is 0 Å². The van der Waals surface area contributed by atoms with Crippen LogP contribution in [0.5, 0.6) is 0 Å². The molecule has 2 atom stereocenters. The van der Waals surface area contributed by atoms with E-state index in [-0.39, 0.29) is 6.61 Å². The van der Waals surface area contributed by atoms with Gasteiger partial charge in [0.25, 0.3) is 0 Å². The molecule has 0 amide bonds. The minimum absolute atomic E-state index is 0.0602. The lowest BCUT2D eigenvalue weighted by molar-refractivity contribution is 0.122. The summed E-state index contributed by atoms with van der Waals surface area (Å²) >= 11 is 0. The van der Waals surface area contributed by atoms with Gasteiger partial charge in [0.2, 0.25) is 0 Å². The van der Waals surface area contributed by atoms with Crippen molar-refractivity contribution in [3.05, 3.63) is 0 Å². The molecule has 0 aliphatic carbocycles. The number of rotatable bonds is 3. The maximum Gasteiger partial charge on any atom is 0.0686 e. The van der Waals surface area contributed by atoms with Crippen molar-refractivity contribution in [2.75, 3.05) is 6.61 Å². The van der Waals surface area contributed by atoms with Gasteiger partial charge in [-0.1, -0.05) is 13.8 Å². The molecule has 0 aromatic carbocycles.